The first-order valence-electron chi connectivity index (χ1n) is 7.50. The van der Waals surface area contributed by atoms with Crippen molar-refractivity contribution in [1.29, 1.82) is 0 Å². The van der Waals surface area contributed by atoms with Crippen molar-refractivity contribution >= 4 is 10.0 Å². The molecule has 0 radical (unpaired) electrons. The molecule has 1 aliphatic heterocycles. The monoisotopic (exact) mass is 324 g/mol. The SMILES string of the molecule is Cc1noc(C)c1S(=O)(=O)N1CCCCCC1c1ccco1. The fourth-order valence-electron chi connectivity index (χ4n) is 3.09. The molecule has 1 fully saturated rings. The Bertz CT molecular complexity index is 714. The second-order valence-corrected chi connectivity index (χ2v) is 7.48. The molecule has 3 rings (SSSR count). The molecule has 120 valence electrons. The van der Waals surface area contributed by atoms with Gasteiger partial charge >= 0.3 is 0 Å². The summed E-state index contributed by atoms with van der Waals surface area (Å²) in [4.78, 5) is 0.186. The molecule has 2 aromatic heterocycles. The van der Waals surface area contributed by atoms with Crippen LogP contribution in [0.1, 0.15) is 48.9 Å². The molecule has 0 saturated carbocycles. The Morgan fingerprint density at radius 3 is 2.73 bits per heavy atom. The lowest BCUT2D eigenvalue weighted by atomic mass is 10.1. The minimum Gasteiger partial charge on any atom is -0.468 e. The Balaban J connectivity index is 2.06. The van der Waals surface area contributed by atoms with Crippen LogP contribution in [0.25, 0.3) is 0 Å². The van der Waals surface area contributed by atoms with E-state index in [4.69, 9.17) is 8.94 Å². The maximum absolute atomic E-state index is 13.1. The van der Waals surface area contributed by atoms with Crippen molar-refractivity contribution < 1.29 is 17.4 Å². The van der Waals surface area contributed by atoms with Gasteiger partial charge in [0.1, 0.15) is 16.3 Å². The zero-order valence-electron chi connectivity index (χ0n) is 12.8. The third kappa shape index (κ3) is 2.59. The highest BCUT2D eigenvalue weighted by molar-refractivity contribution is 7.89. The third-order valence-corrected chi connectivity index (χ3v) is 6.26. The van der Waals surface area contributed by atoms with Gasteiger partial charge in [0.05, 0.1) is 12.3 Å². The van der Waals surface area contributed by atoms with Gasteiger partial charge in [-0.1, -0.05) is 18.0 Å². The lowest BCUT2D eigenvalue weighted by Gasteiger charge is -2.27. The maximum atomic E-state index is 13.1. The number of aryl methyl sites for hydroxylation is 2. The molecular formula is C15H20N2O4S. The number of aromatic nitrogens is 1. The summed E-state index contributed by atoms with van der Waals surface area (Å²) in [6, 6.07) is 3.36. The van der Waals surface area contributed by atoms with E-state index in [9.17, 15) is 8.42 Å². The van der Waals surface area contributed by atoms with Crippen molar-refractivity contribution in [3.63, 3.8) is 0 Å². The standard InChI is InChI=1S/C15H20N2O4S/c1-11-15(12(2)21-16-11)22(18,19)17-9-5-3-4-7-13(17)14-8-6-10-20-14/h6,8,10,13H,3-5,7,9H2,1-2H3. The highest BCUT2D eigenvalue weighted by atomic mass is 32.2. The maximum Gasteiger partial charge on any atom is 0.249 e. The molecule has 0 spiro atoms. The summed E-state index contributed by atoms with van der Waals surface area (Å²) in [7, 11) is -3.66. The van der Waals surface area contributed by atoms with Gasteiger partial charge in [-0.2, -0.15) is 4.31 Å². The highest BCUT2D eigenvalue weighted by Crippen LogP contribution is 2.36. The highest BCUT2D eigenvalue weighted by Gasteiger charge is 2.38. The molecule has 1 unspecified atom stereocenters. The molecule has 0 aromatic carbocycles. The van der Waals surface area contributed by atoms with E-state index < -0.39 is 10.0 Å². The topological polar surface area (TPSA) is 76.6 Å². The van der Waals surface area contributed by atoms with Crippen LogP contribution < -0.4 is 0 Å². The van der Waals surface area contributed by atoms with Crippen molar-refractivity contribution in [2.45, 2.75) is 50.5 Å². The Morgan fingerprint density at radius 1 is 1.27 bits per heavy atom. The summed E-state index contributed by atoms with van der Waals surface area (Å²) < 4.78 is 38.3. The molecule has 1 aliphatic rings. The van der Waals surface area contributed by atoms with E-state index in [1.165, 1.54) is 0 Å². The zero-order chi connectivity index (χ0) is 15.7. The molecule has 0 aliphatic carbocycles. The van der Waals surface area contributed by atoms with Gasteiger partial charge in [0.2, 0.25) is 10.0 Å². The number of hydrogen-bond donors (Lipinski definition) is 0. The fraction of sp³-hybridized carbons (Fsp3) is 0.533. The molecule has 0 N–H and O–H groups in total. The summed E-state index contributed by atoms with van der Waals surface area (Å²) in [5.74, 6) is 1.03. The summed E-state index contributed by atoms with van der Waals surface area (Å²) >= 11 is 0. The molecule has 0 amide bonds. The first-order chi connectivity index (χ1) is 10.5. The van der Waals surface area contributed by atoms with Crippen LogP contribution in [0.4, 0.5) is 0 Å². The molecule has 3 heterocycles. The van der Waals surface area contributed by atoms with E-state index >= 15 is 0 Å². The number of furan rings is 1. The van der Waals surface area contributed by atoms with Gasteiger partial charge in [0.25, 0.3) is 0 Å². The number of rotatable bonds is 3. The summed E-state index contributed by atoms with van der Waals surface area (Å²) in [6.45, 7) is 3.77. The van der Waals surface area contributed by atoms with Crippen LogP contribution in [-0.2, 0) is 10.0 Å². The van der Waals surface area contributed by atoms with Gasteiger partial charge in [-0.25, -0.2) is 8.42 Å². The quantitative estimate of drug-likeness (QED) is 0.866. The van der Waals surface area contributed by atoms with Gasteiger partial charge in [0.15, 0.2) is 5.76 Å². The number of sulfonamides is 1. The summed E-state index contributed by atoms with van der Waals surface area (Å²) in [6.07, 6.45) is 5.20. The fourth-order valence-corrected chi connectivity index (χ4v) is 5.05. The molecular weight excluding hydrogens is 304 g/mol. The van der Waals surface area contributed by atoms with Crippen LogP contribution in [0.15, 0.2) is 32.2 Å². The van der Waals surface area contributed by atoms with Gasteiger partial charge < -0.3 is 8.94 Å². The number of nitrogens with zero attached hydrogens (tertiary/aromatic N) is 2. The largest absolute Gasteiger partial charge is 0.468 e. The van der Waals surface area contributed by atoms with Gasteiger partial charge in [-0.15, -0.1) is 0 Å². The third-order valence-electron chi connectivity index (χ3n) is 4.11. The second kappa shape index (κ2) is 5.89. The molecule has 1 atom stereocenters. The first-order valence-corrected chi connectivity index (χ1v) is 8.94. The average molecular weight is 324 g/mol. The molecule has 6 nitrogen and oxygen atoms in total. The van der Waals surface area contributed by atoms with Crippen LogP contribution in [-0.4, -0.2) is 24.4 Å². The Hall–Kier alpha value is -1.60. The summed E-state index contributed by atoms with van der Waals surface area (Å²) in [5.41, 5.74) is 0.403. The minimum absolute atomic E-state index is 0.186. The predicted molar refractivity (Wildman–Crippen MR) is 79.8 cm³/mol. The Morgan fingerprint density at radius 2 is 2.09 bits per heavy atom. The van der Waals surface area contributed by atoms with E-state index in [-0.39, 0.29) is 10.9 Å². The van der Waals surface area contributed by atoms with Gasteiger partial charge in [0, 0.05) is 6.54 Å². The van der Waals surface area contributed by atoms with Gasteiger partial charge in [-0.05, 0) is 38.8 Å². The molecule has 1 saturated heterocycles. The van der Waals surface area contributed by atoms with E-state index in [1.54, 1.807) is 30.5 Å². The van der Waals surface area contributed by atoms with Crippen LogP contribution >= 0.6 is 0 Å². The van der Waals surface area contributed by atoms with Crippen LogP contribution in [0, 0.1) is 13.8 Å². The van der Waals surface area contributed by atoms with Crippen LogP contribution in [0.3, 0.4) is 0 Å². The lowest BCUT2D eigenvalue weighted by Crippen LogP contribution is -2.35. The Kier molecular flexibility index (Phi) is 4.10. The van der Waals surface area contributed by atoms with E-state index in [2.05, 4.69) is 5.16 Å². The number of hydrogen-bond acceptors (Lipinski definition) is 5. The Labute approximate surface area is 130 Å². The van der Waals surface area contributed by atoms with Crippen molar-refractivity contribution in [2.24, 2.45) is 0 Å². The molecule has 2 aromatic rings. The second-order valence-electron chi connectivity index (χ2n) is 5.65. The summed E-state index contributed by atoms with van der Waals surface area (Å²) in [5, 5.41) is 3.78. The van der Waals surface area contributed by atoms with Crippen LogP contribution in [0.2, 0.25) is 0 Å². The van der Waals surface area contributed by atoms with Crippen molar-refractivity contribution in [2.75, 3.05) is 6.54 Å². The first kappa shape index (κ1) is 15.3. The molecule has 0 bridgehead atoms. The minimum atomic E-state index is -3.66. The van der Waals surface area contributed by atoms with E-state index in [0.717, 1.165) is 25.7 Å². The molecule has 22 heavy (non-hydrogen) atoms. The van der Waals surface area contributed by atoms with Crippen molar-refractivity contribution in [3.05, 3.63) is 35.6 Å². The average Bonchev–Trinajstić information content (AvgIpc) is 3.03. The predicted octanol–water partition coefficient (Wildman–Crippen LogP) is 3.19. The van der Waals surface area contributed by atoms with E-state index in [1.807, 2.05) is 6.07 Å². The van der Waals surface area contributed by atoms with E-state index in [0.29, 0.717) is 23.8 Å². The van der Waals surface area contributed by atoms with Crippen molar-refractivity contribution in [3.8, 4) is 0 Å². The lowest BCUT2D eigenvalue weighted by molar-refractivity contribution is 0.285. The van der Waals surface area contributed by atoms with Gasteiger partial charge in [-0.3, -0.25) is 0 Å². The normalized spacial score (nSPS) is 20.9. The smallest absolute Gasteiger partial charge is 0.249 e. The zero-order valence-corrected chi connectivity index (χ0v) is 13.6. The van der Waals surface area contributed by atoms with Crippen molar-refractivity contribution in [1.82, 2.24) is 9.46 Å². The van der Waals surface area contributed by atoms with Crippen LogP contribution in [0.5, 0.6) is 0 Å². The molecule has 7 heteroatoms.